The molecule has 0 spiro atoms. The van der Waals surface area contributed by atoms with E-state index in [9.17, 15) is 4.79 Å². The molecular formula is C24H25N7OS. The van der Waals surface area contributed by atoms with Gasteiger partial charge >= 0.3 is 0 Å². The van der Waals surface area contributed by atoms with E-state index in [2.05, 4.69) is 38.4 Å². The Morgan fingerprint density at radius 2 is 1.91 bits per heavy atom. The number of carbonyl (C=O) groups is 1. The van der Waals surface area contributed by atoms with Gasteiger partial charge in [-0.1, -0.05) is 30.4 Å². The van der Waals surface area contributed by atoms with E-state index >= 15 is 0 Å². The summed E-state index contributed by atoms with van der Waals surface area (Å²) < 4.78 is 1.16. The lowest BCUT2D eigenvalue weighted by Crippen LogP contribution is -2.64. The van der Waals surface area contributed by atoms with E-state index < -0.39 is 0 Å². The molecule has 1 amide bonds. The predicted octanol–water partition coefficient (Wildman–Crippen LogP) is 3.93. The van der Waals surface area contributed by atoms with E-state index in [-0.39, 0.29) is 18.0 Å². The number of para-hydroxylation sites is 1. The van der Waals surface area contributed by atoms with Gasteiger partial charge in [0.1, 0.15) is 5.69 Å². The molecular weight excluding hydrogens is 434 g/mol. The Balaban J connectivity index is 1.31. The summed E-state index contributed by atoms with van der Waals surface area (Å²) in [4.78, 5) is 26.9. The third-order valence-electron chi connectivity index (χ3n) is 7.09. The maximum absolute atomic E-state index is 14.0. The van der Waals surface area contributed by atoms with E-state index in [4.69, 9.17) is 4.98 Å². The molecule has 2 aliphatic heterocycles. The lowest BCUT2D eigenvalue weighted by atomic mass is 9.64. The van der Waals surface area contributed by atoms with Crippen molar-refractivity contribution in [3.63, 3.8) is 0 Å². The summed E-state index contributed by atoms with van der Waals surface area (Å²) in [7, 11) is 0. The summed E-state index contributed by atoms with van der Waals surface area (Å²) in [5, 5.41) is 12.9. The number of rotatable bonds is 5. The molecule has 7 rings (SSSR count). The van der Waals surface area contributed by atoms with Gasteiger partial charge in [-0.15, -0.1) is 4.80 Å². The van der Waals surface area contributed by atoms with E-state index in [0.717, 1.165) is 33.9 Å². The number of aryl methyl sites for hydroxylation is 1. The highest BCUT2D eigenvalue weighted by atomic mass is 32.1. The van der Waals surface area contributed by atoms with Crippen LogP contribution in [-0.2, 0) is 0 Å². The number of hydrogen-bond donors (Lipinski definition) is 1. The minimum atomic E-state index is -0.0444. The van der Waals surface area contributed by atoms with Crippen LogP contribution >= 0.6 is 11.3 Å². The van der Waals surface area contributed by atoms with E-state index in [0.29, 0.717) is 29.8 Å². The zero-order valence-corrected chi connectivity index (χ0v) is 19.4. The molecule has 168 valence electrons. The second-order valence-corrected chi connectivity index (χ2v) is 10.1. The third-order valence-corrected chi connectivity index (χ3v) is 8.09. The van der Waals surface area contributed by atoms with Crippen LogP contribution in [0.1, 0.15) is 35.9 Å². The van der Waals surface area contributed by atoms with Crippen molar-refractivity contribution in [1.29, 1.82) is 0 Å². The zero-order valence-electron chi connectivity index (χ0n) is 18.5. The standard InChI is InChI=1S/C24H25N7OS/c1-14-7-8-19(31-26-9-10-27-31)22(28-14)23(32)30-17-11-16(12-17)15(2)20(30)13-25-24-29-18-5-3-4-6-21(18)33-24/h3-10,15-17,20H,11-13H2,1-2H3,(H,25,29)/t15-,16?,17?,20?/m0/s1. The summed E-state index contributed by atoms with van der Waals surface area (Å²) in [6, 6.07) is 12.2. The molecule has 9 heteroatoms. The molecule has 3 fully saturated rings. The van der Waals surface area contributed by atoms with Crippen LogP contribution in [0, 0.1) is 18.8 Å². The van der Waals surface area contributed by atoms with Crippen molar-refractivity contribution in [3.05, 3.63) is 60.2 Å². The van der Waals surface area contributed by atoms with Crippen molar-refractivity contribution in [2.24, 2.45) is 11.8 Å². The monoisotopic (exact) mass is 459 g/mol. The molecule has 1 saturated carbocycles. The quantitative estimate of drug-likeness (QED) is 0.486. The highest BCUT2D eigenvalue weighted by Crippen LogP contribution is 2.47. The lowest BCUT2D eigenvalue weighted by molar-refractivity contribution is -0.0505. The number of benzene rings is 1. The molecule has 3 aliphatic rings. The van der Waals surface area contributed by atoms with Gasteiger partial charge in [-0.05, 0) is 55.9 Å². The number of hydrogen-bond acceptors (Lipinski definition) is 7. The van der Waals surface area contributed by atoms with Crippen LogP contribution in [0.3, 0.4) is 0 Å². The predicted molar refractivity (Wildman–Crippen MR) is 128 cm³/mol. The van der Waals surface area contributed by atoms with Gasteiger partial charge < -0.3 is 10.2 Å². The Labute approximate surface area is 195 Å². The van der Waals surface area contributed by atoms with Crippen molar-refractivity contribution in [1.82, 2.24) is 29.9 Å². The van der Waals surface area contributed by atoms with Crippen LogP contribution in [-0.4, -0.2) is 54.4 Å². The summed E-state index contributed by atoms with van der Waals surface area (Å²) in [5.74, 6) is 1.02. The van der Waals surface area contributed by atoms with Gasteiger partial charge in [0.05, 0.1) is 28.7 Å². The minimum absolute atomic E-state index is 0.0444. The van der Waals surface area contributed by atoms with Gasteiger partial charge in [-0.2, -0.15) is 10.2 Å². The number of amides is 1. The Morgan fingerprint density at radius 1 is 1.12 bits per heavy atom. The zero-order chi connectivity index (χ0) is 22.5. The molecule has 4 aromatic rings. The van der Waals surface area contributed by atoms with Crippen molar-refractivity contribution in [3.8, 4) is 5.69 Å². The number of aromatic nitrogens is 5. The molecule has 3 aromatic heterocycles. The SMILES string of the molecule is Cc1ccc(-n2nccn2)c(C(=O)N2C3CC(C3)[C@H](C)C2CNc2nc3ccccc3s2)n1. The van der Waals surface area contributed by atoms with Gasteiger partial charge in [0, 0.05) is 18.3 Å². The van der Waals surface area contributed by atoms with Crippen molar-refractivity contribution in [2.45, 2.75) is 38.8 Å². The summed E-state index contributed by atoms with van der Waals surface area (Å²) >= 11 is 1.65. The molecule has 2 bridgehead atoms. The van der Waals surface area contributed by atoms with Crippen LogP contribution in [0.15, 0.2) is 48.8 Å². The topological polar surface area (TPSA) is 88.8 Å². The number of thiazole rings is 1. The molecule has 1 aliphatic carbocycles. The second kappa shape index (κ2) is 7.91. The first-order valence-electron chi connectivity index (χ1n) is 11.3. The fourth-order valence-electron chi connectivity index (χ4n) is 5.20. The molecule has 1 aromatic carbocycles. The summed E-state index contributed by atoms with van der Waals surface area (Å²) in [5.41, 5.74) is 2.82. The Hall–Kier alpha value is -3.33. The van der Waals surface area contributed by atoms with Gasteiger partial charge in [-0.3, -0.25) is 4.79 Å². The van der Waals surface area contributed by atoms with Gasteiger partial charge in [0.2, 0.25) is 0 Å². The van der Waals surface area contributed by atoms with Crippen molar-refractivity contribution in [2.75, 3.05) is 11.9 Å². The third kappa shape index (κ3) is 3.47. The fraction of sp³-hybridized carbons (Fsp3) is 0.375. The van der Waals surface area contributed by atoms with Gasteiger partial charge in [0.15, 0.2) is 10.8 Å². The molecule has 5 heterocycles. The van der Waals surface area contributed by atoms with Gasteiger partial charge in [-0.25, -0.2) is 9.97 Å². The average molecular weight is 460 g/mol. The Kier molecular flexibility index (Phi) is 4.86. The van der Waals surface area contributed by atoms with Crippen molar-refractivity contribution < 1.29 is 4.79 Å². The van der Waals surface area contributed by atoms with E-state index in [1.54, 1.807) is 23.7 Å². The first-order valence-corrected chi connectivity index (χ1v) is 12.2. The average Bonchev–Trinajstić information content (AvgIpc) is 3.46. The largest absolute Gasteiger partial charge is 0.359 e. The molecule has 1 N–H and O–H groups in total. The van der Waals surface area contributed by atoms with Crippen LogP contribution in [0.25, 0.3) is 15.9 Å². The first-order chi connectivity index (χ1) is 16.1. The minimum Gasteiger partial charge on any atom is -0.359 e. The van der Waals surface area contributed by atoms with Crippen molar-refractivity contribution >= 4 is 32.6 Å². The van der Waals surface area contributed by atoms with E-state index in [1.165, 1.54) is 4.80 Å². The number of carbonyl (C=O) groups excluding carboxylic acids is 1. The fourth-order valence-corrected chi connectivity index (χ4v) is 6.07. The van der Waals surface area contributed by atoms with Crippen LogP contribution in [0.4, 0.5) is 5.13 Å². The highest BCUT2D eigenvalue weighted by Gasteiger charge is 2.51. The number of fused-ring (bicyclic) bond motifs is 3. The maximum atomic E-state index is 14.0. The molecule has 8 nitrogen and oxygen atoms in total. The van der Waals surface area contributed by atoms with Crippen LogP contribution in [0.5, 0.6) is 0 Å². The molecule has 0 radical (unpaired) electrons. The van der Waals surface area contributed by atoms with E-state index in [1.807, 2.05) is 37.3 Å². The summed E-state index contributed by atoms with van der Waals surface area (Å²) in [6.45, 7) is 4.84. The Morgan fingerprint density at radius 3 is 2.70 bits per heavy atom. The second-order valence-electron chi connectivity index (χ2n) is 9.03. The molecule has 33 heavy (non-hydrogen) atoms. The maximum Gasteiger partial charge on any atom is 0.275 e. The lowest BCUT2D eigenvalue weighted by Gasteiger charge is -2.57. The molecule has 1 unspecified atom stereocenters. The number of pyridine rings is 1. The van der Waals surface area contributed by atoms with Crippen LogP contribution < -0.4 is 5.32 Å². The Bertz CT molecular complexity index is 1280. The number of nitrogens with one attached hydrogen (secondary N) is 1. The van der Waals surface area contributed by atoms with Gasteiger partial charge in [0.25, 0.3) is 5.91 Å². The molecule has 2 atom stereocenters. The first kappa shape index (κ1) is 20.3. The number of piperidine rings is 2. The highest BCUT2D eigenvalue weighted by molar-refractivity contribution is 7.22. The number of anilines is 1. The normalized spacial score (nSPS) is 24.0. The molecule has 2 saturated heterocycles. The summed E-state index contributed by atoms with van der Waals surface area (Å²) in [6.07, 6.45) is 5.34. The number of nitrogens with zero attached hydrogens (tertiary/aromatic N) is 6. The smallest absolute Gasteiger partial charge is 0.275 e. The van der Waals surface area contributed by atoms with Crippen LogP contribution in [0.2, 0.25) is 0 Å².